The molecule has 4 atom stereocenters. The third-order valence-corrected chi connectivity index (χ3v) is 14.0. The van der Waals surface area contributed by atoms with Gasteiger partial charge in [-0.25, -0.2) is 0 Å². The van der Waals surface area contributed by atoms with Crippen molar-refractivity contribution in [2.45, 2.75) is 346 Å². The van der Waals surface area contributed by atoms with Crippen LogP contribution < -0.4 is 5.32 Å². The van der Waals surface area contributed by atoms with Crippen molar-refractivity contribution < 1.29 is 25.2 Å². The van der Waals surface area contributed by atoms with Gasteiger partial charge in [0.15, 0.2) is 0 Å². The number of carbonyl (C=O) groups excluding carboxylic acids is 1. The van der Waals surface area contributed by atoms with Crippen LogP contribution in [-0.4, -0.2) is 57.3 Å². The molecule has 4 unspecified atom stereocenters. The molecule has 0 aliphatic heterocycles. The van der Waals surface area contributed by atoms with Gasteiger partial charge in [-0.1, -0.05) is 296 Å². The number of nitrogens with one attached hydrogen (secondary N) is 1. The largest absolute Gasteiger partial charge is 0.394 e. The second-order valence-corrected chi connectivity index (χ2v) is 20.3. The van der Waals surface area contributed by atoms with Gasteiger partial charge in [0, 0.05) is 0 Å². The van der Waals surface area contributed by atoms with Crippen molar-refractivity contribution >= 4 is 5.91 Å². The number of aliphatic hydroxyl groups is 4. The number of carbonyl (C=O) groups is 1. The smallest absolute Gasteiger partial charge is 0.249 e. The summed E-state index contributed by atoms with van der Waals surface area (Å²) < 4.78 is 0. The minimum atomic E-state index is -1.25. The van der Waals surface area contributed by atoms with Gasteiger partial charge in [0.1, 0.15) is 12.2 Å². The van der Waals surface area contributed by atoms with E-state index < -0.39 is 36.9 Å². The van der Waals surface area contributed by atoms with Crippen LogP contribution in [0.15, 0.2) is 12.2 Å². The van der Waals surface area contributed by atoms with E-state index >= 15 is 0 Å². The van der Waals surface area contributed by atoms with Crippen LogP contribution in [0.1, 0.15) is 322 Å². The van der Waals surface area contributed by atoms with Crippen LogP contribution in [0.3, 0.4) is 0 Å². The maximum atomic E-state index is 12.5. The molecule has 6 heteroatoms. The van der Waals surface area contributed by atoms with Crippen molar-refractivity contribution in [1.29, 1.82) is 0 Å². The van der Waals surface area contributed by atoms with E-state index in [1.807, 2.05) is 0 Å². The normalized spacial score (nSPS) is 13.8. The van der Waals surface area contributed by atoms with Gasteiger partial charge in [-0.15, -0.1) is 0 Å². The van der Waals surface area contributed by atoms with Gasteiger partial charge in [-0.05, 0) is 38.5 Å². The molecule has 64 heavy (non-hydrogen) atoms. The standard InChI is InChI=1S/C58H115NO5/c1-3-5-7-9-11-13-15-16-17-18-19-20-21-22-23-24-25-26-27-28-29-30-31-32-33-34-35-36-37-38-39-40-41-42-44-46-48-50-52-56(62)58(64)59-54(53-60)57(63)55(61)51-49-47-45-43-14-12-10-8-6-4-2/h28-29,54-57,60-63H,3-27,30-53H2,1-2H3,(H,59,64)/b29-28-. The quantitative estimate of drug-likeness (QED) is 0.0308. The summed E-state index contributed by atoms with van der Waals surface area (Å²) in [4.78, 5) is 12.5. The summed E-state index contributed by atoms with van der Waals surface area (Å²) in [5.41, 5.74) is 0. The third kappa shape index (κ3) is 46.2. The summed E-state index contributed by atoms with van der Waals surface area (Å²) in [6.45, 7) is 4.06. The highest BCUT2D eigenvalue weighted by Crippen LogP contribution is 2.18. The summed E-state index contributed by atoms with van der Waals surface area (Å²) in [6, 6.07) is -0.981. The Labute approximate surface area is 400 Å². The molecule has 0 aliphatic rings. The molecule has 0 aromatic heterocycles. The van der Waals surface area contributed by atoms with Crippen molar-refractivity contribution in [2.24, 2.45) is 0 Å². The molecule has 0 aromatic carbocycles. The Morgan fingerprint density at radius 3 is 0.906 bits per heavy atom. The molecule has 1 amide bonds. The number of hydrogen-bond acceptors (Lipinski definition) is 5. The van der Waals surface area contributed by atoms with Crippen LogP contribution >= 0.6 is 0 Å². The Hall–Kier alpha value is -0.950. The Morgan fingerprint density at radius 1 is 0.375 bits per heavy atom. The summed E-state index contributed by atoms with van der Waals surface area (Å²) in [7, 11) is 0. The summed E-state index contributed by atoms with van der Waals surface area (Å²) >= 11 is 0. The first-order chi connectivity index (χ1) is 31.5. The first-order valence-electron chi connectivity index (χ1n) is 29.1. The highest BCUT2D eigenvalue weighted by atomic mass is 16.3. The fourth-order valence-electron chi connectivity index (χ4n) is 9.40. The average molecular weight is 907 g/mol. The molecule has 0 aromatic rings. The second-order valence-electron chi connectivity index (χ2n) is 20.3. The predicted molar refractivity (Wildman–Crippen MR) is 279 cm³/mol. The summed E-state index contributed by atoms with van der Waals surface area (Å²) in [6.07, 6.45) is 63.2. The third-order valence-electron chi connectivity index (χ3n) is 14.0. The van der Waals surface area contributed by atoms with Gasteiger partial charge < -0.3 is 25.7 Å². The molecule has 0 saturated carbocycles. The first kappa shape index (κ1) is 63.0. The average Bonchev–Trinajstić information content (AvgIpc) is 3.30. The maximum Gasteiger partial charge on any atom is 0.249 e. The molecule has 0 fully saturated rings. The Kier molecular flexibility index (Phi) is 52.2. The van der Waals surface area contributed by atoms with Gasteiger partial charge in [-0.2, -0.15) is 0 Å². The zero-order valence-corrected chi connectivity index (χ0v) is 43.3. The second kappa shape index (κ2) is 53.0. The molecule has 0 rings (SSSR count). The lowest BCUT2D eigenvalue weighted by molar-refractivity contribution is -0.132. The van der Waals surface area contributed by atoms with E-state index in [-0.39, 0.29) is 0 Å². The van der Waals surface area contributed by atoms with Crippen molar-refractivity contribution in [3.63, 3.8) is 0 Å². The van der Waals surface area contributed by atoms with Crippen LogP contribution in [-0.2, 0) is 4.79 Å². The Balaban J connectivity index is 3.46. The molecule has 0 saturated heterocycles. The number of rotatable bonds is 54. The van der Waals surface area contributed by atoms with Crippen molar-refractivity contribution in [2.75, 3.05) is 6.61 Å². The zero-order valence-electron chi connectivity index (χ0n) is 43.3. The number of allylic oxidation sites excluding steroid dienone is 2. The van der Waals surface area contributed by atoms with Gasteiger partial charge in [0.2, 0.25) is 5.91 Å². The topological polar surface area (TPSA) is 110 Å². The fourth-order valence-corrected chi connectivity index (χ4v) is 9.40. The SMILES string of the molecule is CCCCCCCCCCCCCCCCCCCC/C=C\CCCCCCCCCCCCCCCCCCC(O)C(=O)NC(CO)C(O)C(O)CCCCCCCCCCCC. The summed E-state index contributed by atoms with van der Waals surface area (Å²) in [5, 5.41) is 43.7. The van der Waals surface area contributed by atoms with Gasteiger partial charge >= 0.3 is 0 Å². The molecular formula is C58H115NO5. The zero-order chi connectivity index (χ0) is 46.7. The van der Waals surface area contributed by atoms with Gasteiger partial charge in [0.25, 0.3) is 0 Å². The molecule has 6 nitrogen and oxygen atoms in total. The number of amides is 1. The predicted octanol–water partition coefficient (Wildman–Crippen LogP) is 16.9. The Morgan fingerprint density at radius 2 is 0.625 bits per heavy atom. The number of aliphatic hydroxyl groups excluding tert-OH is 4. The molecule has 0 spiro atoms. The van der Waals surface area contributed by atoms with Crippen LogP contribution in [0.5, 0.6) is 0 Å². The minimum absolute atomic E-state index is 0.373. The molecule has 5 N–H and O–H groups in total. The van der Waals surface area contributed by atoms with E-state index in [2.05, 4.69) is 31.3 Å². The Bertz CT molecular complexity index is 928. The monoisotopic (exact) mass is 906 g/mol. The van der Waals surface area contributed by atoms with E-state index in [1.165, 1.54) is 257 Å². The van der Waals surface area contributed by atoms with Gasteiger partial charge in [0.05, 0.1) is 18.8 Å². The lowest BCUT2D eigenvalue weighted by Gasteiger charge is -2.27. The van der Waals surface area contributed by atoms with E-state index in [1.54, 1.807) is 0 Å². The number of hydrogen-bond donors (Lipinski definition) is 5. The van der Waals surface area contributed by atoms with E-state index in [4.69, 9.17) is 0 Å². The summed E-state index contributed by atoms with van der Waals surface area (Å²) in [5.74, 6) is -0.580. The molecular weight excluding hydrogens is 791 g/mol. The van der Waals surface area contributed by atoms with Crippen LogP contribution in [0.4, 0.5) is 0 Å². The minimum Gasteiger partial charge on any atom is -0.394 e. The van der Waals surface area contributed by atoms with Crippen LogP contribution in [0.25, 0.3) is 0 Å². The lowest BCUT2D eigenvalue weighted by Crippen LogP contribution is -2.53. The molecule has 0 bridgehead atoms. The first-order valence-corrected chi connectivity index (χ1v) is 29.1. The molecule has 0 aliphatic carbocycles. The van der Waals surface area contributed by atoms with E-state index in [0.717, 1.165) is 38.5 Å². The highest BCUT2D eigenvalue weighted by Gasteiger charge is 2.28. The molecule has 0 heterocycles. The van der Waals surface area contributed by atoms with Crippen LogP contribution in [0.2, 0.25) is 0 Å². The highest BCUT2D eigenvalue weighted by molar-refractivity contribution is 5.80. The molecule has 0 radical (unpaired) electrons. The lowest BCUT2D eigenvalue weighted by atomic mass is 9.99. The van der Waals surface area contributed by atoms with E-state index in [9.17, 15) is 25.2 Å². The number of unbranched alkanes of at least 4 members (excludes halogenated alkanes) is 43. The van der Waals surface area contributed by atoms with Crippen molar-refractivity contribution in [3.05, 3.63) is 12.2 Å². The van der Waals surface area contributed by atoms with Crippen LogP contribution in [0, 0.1) is 0 Å². The van der Waals surface area contributed by atoms with Crippen molar-refractivity contribution in [1.82, 2.24) is 5.32 Å². The maximum absolute atomic E-state index is 12.5. The van der Waals surface area contributed by atoms with Crippen molar-refractivity contribution in [3.8, 4) is 0 Å². The van der Waals surface area contributed by atoms with Gasteiger partial charge in [-0.3, -0.25) is 4.79 Å². The fraction of sp³-hybridized carbons (Fsp3) is 0.948. The molecule has 382 valence electrons. The van der Waals surface area contributed by atoms with E-state index in [0.29, 0.717) is 12.8 Å².